The van der Waals surface area contributed by atoms with Crippen LogP contribution >= 0.6 is 0 Å². The maximum Gasteiger partial charge on any atom is 0.220 e. The summed E-state index contributed by atoms with van der Waals surface area (Å²) in [6.07, 6.45) is 46.8. The van der Waals surface area contributed by atoms with Crippen LogP contribution in [0.3, 0.4) is 0 Å². The van der Waals surface area contributed by atoms with Gasteiger partial charge in [-0.1, -0.05) is 269 Å². The summed E-state index contributed by atoms with van der Waals surface area (Å²) in [4.78, 5) is 13.2. The van der Waals surface area contributed by atoms with E-state index in [4.69, 9.17) is 18.9 Å². The summed E-state index contributed by atoms with van der Waals surface area (Å²) < 4.78 is 22.8. The van der Waals surface area contributed by atoms with Gasteiger partial charge in [-0.15, -0.1) is 0 Å². The van der Waals surface area contributed by atoms with Gasteiger partial charge in [0.05, 0.1) is 32.0 Å². The highest BCUT2D eigenvalue weighted by Gasteiger charge is 2.51. The van der Waals surface area contributed by atoms with Gasteiger partial charge < -0.3 is 65.1 Å². The van der Waals surface area contributed by atoms with E-state index in [1.165, 1.54) is 212 Å². The van der Waals surface area contributed by atoms with Crippen LogP contribution in [0, 0.1) is 0 Å². The smallest absolute Gasteiger partial charge is 0.220 e. The molecule has 0 saturated carbocycles. The quantitative estimate of drug-likeness (QED) is 0.0204. The fourth-order valence-corrected chi connectivity index (χ4v) is 11.2. The molecule has 472 valence electrons. The molecule has 12 atom stereocenters. The Hall–Kier alpha value is -1.53. The number of carbonyl (C=O) groups excluding carboxylic acids is 1. The van der Waals surface area contributed by atoms with Gasteiger partial charge in [0.25, 0.3) is 0 Å². The van der Waals surface area contributed by atoms with Crippen LogP contribution in [0.25, 0.3) is 0 Å². The number of nitrogens with one attached hydrogen (secondary N) is 1. The van der Waals surface area contributed by atoms with E-state index in [1.807, 2.05) is 6.08 Å². The Morgan fingerprint density at radius 3 is 1.20 bits per heavy atom. The number of aliphatic hydroxyl groups is 8. The maximum absolute atomic E-state index is 13.2. The first kappa shape index (κ1) is 74.6. The van der Waals surface area contributed by atoms with Gasteiger partial charge >= 0.3 is 0 Å². The SMILES string of the molecule is CCCCCC/C=C\CCCCCCCC(=O)NC(COC1OC(CO)C(OC2OC(CO)C(O)C(O)C2O)C(O)C1O)C(O)/C=C/CCCCCCCCCCCCCCCCCCCCCCCCCCCCCCCCC. The third kappa shape index (κ3) is 36.3. The summed E-state index contributed by atoms with van der Waals surface area (Å²) in [5, 5.41) is 87.2. The molecular weight excluding hydrogens is 1010 g/mol. The summed E-state index contributed by atoms with van der Waals surface area (Å²) in [6, 6.07) is -0.917. The second kappa shape index (κ2) is 51.9. The summed E-state index contributed by atoms with van der Waals surface area (Å²) in [7, 11) is 0. The average molecular weight is 1140 g/mol. The normalized spacial score (nSPS) is 24.3. The Labute approximate surface area is 488 Å². The van der Waals surface area contributed by atoms with Crippen molar-refractivity contribution < 1.29 is 64.6 Å². The van der Waals surface area contributed by atoms with Crippen LogP contribution in [0.5, 0.6) is 0 Å². The molecule has 14 nitrogen and oxygen atoms in total. The van der Waals surface area contributed by atoms with Crippen molar-refractivity contribution in [2.45, 2.75) is 370 Å². The van der Waals surface area contributed by atoms with Gasteiger partial charge in [-0.3, -0.25) is 4.79 Å². The van der Waals surface area contributed by atoms with E-state index in [1.54, 1.807) is 6.08 Å². The summed E-state index contributed by atoms with van der Waals surface area (Å²) in [6.45, 7) is 2.80. The largest absolute Gasteiger partial charge is 0.394 e. The summed E-state index contributed by atoms with van der Waals surface area (Å²) >= 11 is 0. The Bertz CT molecular complexity index is 1440. The Morgan fingerprint density at radius 1 is 0.438 bits per heavy atom. The fourth-order valence-electron chi connectivity index (χ4n) is 11.2. The van der Waals surface area contributed by atoms with Crippen molar-refractivity contribution in [1.29, 1.82) is 0 Å². The van der Waals surface area contributed by atoms with Gasteiger partial charge in [0.1, 0.15) is 48.8 Å². The number of amides is 1. The first-order chi connectivity index (χ1) is 39.1. The topological polar surface area (TPSA) is 228 Å². The van der Waals surface area contributed by atoms with Crippen LogP contribution in [-0.4, -0.2) is 140 Å². The monoisotopic (exact) mass is 1140 g/mol. The Kier molecular flexibility index (Phi) is 48.3. The van der Waals surface area contributed by atoms with E-state index < -0.39 is 86.8 Å². The highest BCUT2D eigenvalue weighted by molar-refractivity contribution is 5.76. The lowest BCUT2D eigenvalue weighted by molar-refractivity contribution is -0.359. The van der Waals surface area contributed by atoms with Gasteiger partial charge in [-0.2, -0.15) is 0 Å². The van der Waals surface area contributed by atoms with Crippen molar-refractivity contribution in [3.05, 3.63) is 24.3 Å². The number of ether oxygens (including phenoxy) is 4. The van der Waals surface area contributed by atoms with Crippen LogP contribution in [-0.2, 0) is 23.7 Å². The third-order valence-electron chi connectivity index (χ3n) is 16.6. The van der Waals surface area contributed by atoms with Gasteiger partial charge in [-0.05, 0) is 44.9 Å². The van der Waals surface area contributed by atoms with Crippen molar-refractivity contribution in [2.24, 2.45) is 0 Å². The molecule has 0 bridgehead atoms. The molecule has 80 heavy (non-hydrogen) atoms. The summed E-state index contributed by atoms with van der Waals surface area (Å²) in [5.41, 5.74) is 0. The minimum absolute atomic E-state index is 0.246. The highest BCUT2D eigenvalue weighted by atomic mass is 16.7. The minimum atomic E-state index is -1.79. The molecule has 2 heterocycles. The van der Waals surface area contributed by atoms with Crippen molar-refractivity contribution in [3.63, 3.8) is 0 Å². The predicted octanol–water partition coefficient (Wildman–Crippen LogP) is 12.8. The number of hydrogen-bond donors (Lipinski definition) is 9. The van der Waals surface area contributed by atoms with Crippen molar-refractivity contribution in [3.8, 4) is 0 Å². The predicted molar refractivity (Wildman–Crippen MR) is 323 cm³/mol. The zero-order chi connectivity index (χ0) is 58.1. The number of carbonyl (C=O) groups is 1. The van der Waals surface area contributed by atoms with E-state index in [0.29, 0.717) is 6.42 Å². The van der Waals surface area contributed by atoms with Gasteiger partial charge in [0.15, 0.2) is 12.6 Å². The van der Waals surface area contributed by atoms with E-state index >= 15 is 0 Å². The molecule has 0 aromatic carbocycles. The summed E-state index contributed by atoms with van der Waals surface area (Å²) in [5.74, 6) is -0.246. The molecule has 1 amide bonds. The van der Waals surface area contributed by atoms with Crippen LogP contribution in [0.2, 0.25) is 0 Å². The molecule has 2 saturated heterocycles. The molecule has 9 N–H and O–H groups in total. The Morgan fingerprint density at radius 2 is 0.787 bits per heavy atom. The molecule has 12 unspecified atom stereocenters. The van der Waals surface area contributed by atoms with Gasteiger partial charge in [-0.25, -0.2) is 0 Å². The molecule has 14 heteroatoms. The van der Waals surface area contributed by atoms with Crippen LogP contribution < -0.4 is 5.32 Å². The lowest BCUT2D eigenvalue weighted by atomic mass is 9.97. The molecule has 0 spiro atoms. The molecule has 2 aliphatic heterocycles. The highest BCUT2D eigenvalue weighted by Crippen LogP contribution is 2.30. The molecule has 0 aromatic heterocycles. The van der Waals surface area contributed by atoms with Crippen molar-refractivity contribution in [2.75, 3.05) is 19.8 Å². The molecule has 2 rings (SSSR count). The molecule has 2 aliphatic rings. The van der Waals surface area contributed by atoms with Crippen molar-refractivity contribution in [1.82, 2.24) is 5.32 Å². The average Bonchev–Trinajstić information content (AvgIpc) is 3.47. The van der Waals surface area contributed by atoms with Crippen molar-refractivity contribution >= 4 is 5.91 Å². The zero-order valence-electron chi connectivity index (χ0n) is 51.1. The standard InChI is InChI=1S/C66H125NO13/c1-3-5-7-9-11-13-15-17-18-19-20-21-22-23-24-25-26-27-28-29-30-31-32-33-34-35-36-38-39-41-43-45-47-49-55(70)54(67-58(71)50-48-46-44-42-40-37-16-14-12-10-8-6-4-2)53-77-65-63(76)61(74)64(57(52-69)79-65)80-66-62(75)60(73)59(72)56(51-68)78-66/h14,16,47,49,54-57,59-66,68-70,72-76H,3-13,15,17-46,48,50-53H2,1-2H3,(H,67,71)/b16-14-,49-47+. The molecular formula is C66H125NO13. The number of hydrogen-bond acceptors (Lipinski definition) is 13. The Balaban J connectivity index is 1.63. The van der Waals surface area contributed by atoms with Crippen LogP contribution in [0.1, 0.15) is 296 Å². The number of aliphatic hydroxyl groups excluding tert-OH is 8. The third-order valence-corrected chi connectivity index (χ3v) is 16.6. The fraction of sp³-hybridized carbons (Fsp3) is 0.924. The van der Waals surface area contributed by atoms with E-state index in [0.717, 1.165) is 57.8 Å². The number of allylic oxidation sites excluding steroid dienone is 3. The number of rotatable bonds is 55. The van der Waals surface area contributed by atoms with E-state index in [-0.39, 0.29) is 18.9 Å². The first-order valence-corrected chi connectivity index (χ1v) is 33.6. The first-order valence-electron chi connectivity index (χ1n) is 33.6. The second-order valence-corrected chi connectivity index (χ2v) is 24.0. The molecule has 0 aromatic rings. The van der Waals surface area contributed by atoms with E-state index in [2.05, 4.69) is 31.3 Å². The lowest BCUT2D eigenvalue weighted by Gasteiger charge is -2.46. The second-order valence-electron chi connectivity index (χ2n) is 24.0. The van der Waals surface area contributed by atoms with Crippen LogP contribution in [0.15, 0.2) is 24.3 Å². The molecule has 0 aliphatic carbocycles. The lowest BCUT2D eigenvalue weighted by Crippen LogP contribution is -2.65. The minimum Gasteiger partial charge on any atom is -0.394 e. The zero-order valence-corrected chi connectivity index (χ0v) is 51.1. The van der Waals surface area contributed by atoms with Crippen LogP contribution in [0.4, 0.5) is 0 Å². The molecule has 2 fully saturated rings. The van der Waals surface area contributed by atoms with E-state index in [9.17, 15) is 45.6 Å². The van der Waals surface area contributed by atoms with Gasteiger partial charge in [0.2, 0.25) is 5.91 Å². The molecule has 0 radical (unpaired) electrons. The number of unbranched alkanes of at least 4 members (excludes halogenated alkanes) is 40. The maximum atomic E-state index is 13.2. The van der Waals surface area contributed by atoms with Gasteiger partial charge in [0, 0.05) is 6.42 Å².